The molecule has 0 unspecified atom stereocenters. The van der Waals surface area contributed by atoms with E-state index in [1.54, 1.807) is 4.90 Å². The molecular formula is C16H14BrN3O3. The molecule has 0 radical (unpaired) electrons. The summed E-state index contributed by atoms with van der Waals surface area (Å²) in [5.41, 5.74) is 1.69. The van der Waals surface area contributed by atoms with Gasteiger partial charge in [-0.05, 0) is 17.7 Å². The highest BCUT2D eigenvalue weighted by molar-refractivity contribution is 9.10. The molecule has 1 amide bonds. The third-order valence-corrected chi connectivity index (χ3v) is 4.36. The number of fused-ring (bicyclic) bond motifs is 1. The number of hydrogen-bond acceptors (Lipinski definition) is 4. The van der Waals surface area contributed by atoms with Gasteiger partial charge in [-0.25, -0.2) is 14.8 Å². The first-order valence-corrected chi connectivity index (χ1v) is 7.76. The molecule has 2 heterocycles. The lowest BCUT2D eigenvalue weighted by atomic mass is 9.87. The second kappa shape index (κ2) is 5.42. The average Bonchev–Trinajstić information content (AvgIpc) is 2.77. The second-order valence-electron chi connectivity index (χ2n) is 6.03. The number of aromatic carboxylic acids is 1. The molecule has 1 aliphatic heterocycles. The predicted molar refractivity (Wildman–Crippen MR) is 87.8 cm³/mol. The minimum atomic E-state index is -1.17. The maximum absolute atomic E-state index is 12.8. The van der Waals surface area contributed by atoms with Gasteiger partial charge in [0.2, 0.25) is 0 Å². The van der Waals surface area contributed by atoms with E-state index in [0.717, 1.165) is 21.9 Å². The maximum Gasteiger partial charge on any atom is 0.356 e. The number of carbonyl (C=O) groups excluding carboxylic acids is 1. The Kier molecular flexibility index (Phi) is 3.68. The van der Waals surface area contributed by atoms with E-state index in [9.17, 15) is 9.59 Å². The molecule has 2 aromatic rings. The first-order chi connectivity index (χ1) is 10.8. The average molecular weight is 376 g/mol. The molecule has 1 aliphatic rings. The molecule has 7 heteroatoms. The Balaban J connectivity index is 1.98. The number of rotatable bonds is 2. The quantitative estimate of drug-likeness (QED) is 0.872. The molecule has 1 aromatic heterocycles. The molecule has 3 rings (SSSR count). The van der Waals surface area contributed by atoms with E-state index in [1.807, 2.05) is 18.2 Å². The van der Waals surface area contributed by atoms with Crippen LogP contribution in [-0.2, 0) is 5.41 Å². The van der Waals surface area contributed by atoms with Gasteiger partial charge in [-0.2, -0.15) is 0 Å². The Morgan fingerprint density at radius 1 is 1.22 bits per heavy atom. The number of benzene rings is 1. The van der Waals surface area contributed by atoms with Gasteiger partial charge in [-0.1, -0.05) is 35.8 Å². The van der Waals surface area contributed by atoms with E-state index in [1.165, 1.54) is 6.20 Å². The van der Waals surface area contributed by atoms with Crippen LogP contribution in [0.1, 0.15) is 40.4 Å². The van der Waals surface area contributed by atoms with Gasteiger partial charge in [0.05, 0.1) is 12.4 Å². The van der Waals surface area contributed by atoms with Crippen molar-refractivity contribution in [3.8, 4) is 0 Å². The van der Waals surface area contributed by atoms with E-state index < -0.39 is 5.97 Å². The Morgan fingerprint density at radius 3 is 2.48 bits per heavy atom. The smallest absolute Gasteiger partial charge is 0.356 e. The van der Waals surface area contributed by atoms with Crippen LogP contribution >= 0.6 is 15.9 Å². The summed E-state index contributed by atoms with van der Waals surface area (Å²) >= 11 is 3.43. The van der Waals surface area contributed by atoms with Crippen LogP contribution in [0.2, 0.25) is 0 Å². The summed E-state index contributed by atoms with van der Waals surface area (Å²) in [6.45, 7) is 4.68. The van der Waals surface area contributed by atoms with E-state index in [4.69, 9.17) is 5.11 Å². The SMILES string of the molecule is CC1(C)CN(C(=O)c2cnc(C(=O)O)cn2)c2cc(Br)ccc21. The van der Waals surface area contributed by atoms with Crippen molar-refractivity contribution in [1.82, 2.24) is 9.97 Å². The predicted octanol–water partition coefficient (Wildman–Crippen LogP) is 2.88. The van der Waals surface area contributed by atoms with Crippen molar-refractivity contribution in [2.75, 3.05) is 11.4 Å². The third-order valence-electron chi connectivity index (χ3n) is 3.87. The van der Waals surface area contributed by atoms with E-state index in [-0.39, 0.29) is 22.7 Å². The van der Waals surface area contributed by atoms with Crippen molar-refractivity contribution >= 4 is 33.5 Å². The van der Waals surface area contributed by atoms with Crippen LogP contribution < -0.4 is 4.90 Å². The number of carboxylic acids is 1. The summed E-state index contributed by atoms with van der Waals surface area (Å²) in [7, 11) is 0. The van der Waals surface area contributed by atoms with Crippen molar-refractivity contribution in [3.05, 3.63) is 52.0 Å². The zero-order valence-corrected chi connectivity index (χ0v) is 14.2. The number of halogens is 1. The summed E-state index contributed by atoms with van der Waals surface area (Å²) in [6.07, 6.45) is 2.30. The highest BCUT2D eigenvalue weighted by Gasteiger charge is 2.38. The van der Waals surface area contributed by atoms with Crippen molar-refractivity contribution < 1.29 is 14.7 Å². The van der Waals surface area contributed by atoms with Gasteiger partial charge in [0.15, 0.2) is 5.69 Å². The molecule has 0 atom stereocenters. The van der Waals surface area contributed by atoms with E-state index >= 15 is 0 Å². The summed E-state index contributed by atoms with van der Waals surface area (Å²) in [5, 5.41) is 8.85. The molecular weight excluding hydrogens is 362 g/mol. The second-order valence-corrected chi connectivity index (χ2v) is 6.94. The minimum absolute atomic E-state index is 0.124. The van der Waals surface area contributed by atoms with Gasteiger partial charge in [0.25, 0.3) is 5.91 Å². The van der Waals surface area contributed by atoms with Crippen LogP contribution in [0.5, 0.6) is 0 Å². The van der Waals surface area contributed by atoms with E-state index in [0.29, 0.717) is 6.54 Å². The fourth-order valence-electron chi connectivity index (χ4n) is 2.73. The number of carboxylic acid groups (broad SMARTS) is 1. The largest absolute Gasteiger partial charge is 0.476 e. The fourth-order valence-corrected chi connectivity index (χ4v) is 3.08. The van der Waals surface area contributed by atoms with Gasteiger partial charge in [0, 0.05) is 22.1 Å². The zero-order valence-electron chi connectivity index (χ0n) is 12.6. The number of anilines is 1. The Bertz CT molecular complexity index is 803. The summed E-state index contributed by atoms with van der Waals surface area (Å²) in [4.78, 5) is 32.9. The fraction of sp³-hybridized carbons (Fsp3) is 0.250. The molecule has 0 bridgehead atoms. The molecule has 1 N–H and O–H groups in total. The molecule has 1 aromatic carbocycles. The van der Waals surface area contributed by atoms with Crippen LogP contribution in [0.15, 0.2) is 35.1 Å². The molecule has 0 saturated carbocycles. The van der Waals surface area contributed by atoms with Gasteiger partial charge in [-0.15, -0.1) is 0 Å². The molecule has 0 aliphatic carbocycles. The van der Waals surface area contributed by atoms with Crippen molar-refractivity contribution in [2.45, 2.75) is 19.3 Å². The normalized spacial score (nSPS) is 15.3. The summed E-state index contributed by atoms with van der Waals surface area (Å²) in [5.74, 6) is -1.47. The third kappa shape index (κ3) is 2.72. The van der Waals surface area contributed by atoms with Crippen LogP contribution in [0.25, 0.3) is 0 Å². The van der Waals surface area contributed by atoms with Gasteiger partial charge < -0.3 is 10.0 Å². The Hall–Kier alpha value is -2.28. The maximum atomic E-state index is 12.8. The molecule has 6 nitrogen and oxygen atoms in total. The van der Waals surface area contributed by atoms with Crippen molar-refractivity contribution in [1.29, 1.82) is 0 Å². The monoisotopic (exact) mass is 375 g/mol. The Morgan fingerprint density at radius 2 is 1.87 bits per heavy atom. The van der Waals surface area contributed by atoms with Crippen LogP contribution in [0.3, 0.4) is 0 Å². The zero-order chi connectivity index (χ0) is 16.8. The van der Waals surface area contributed by atoms with Crippen molar-refractivity contribution in [3.63, 3.8) is 0 Å². The minimum Gasteiger partial charge on any atom is -0.476 e. The number of amides is 1. The van der Waals surface area contributed by atoms with Crippen LogP contribution in [0.4, 0.5) is 5.69 Å². The molecule has 0 spiro atoms. The number of hydrogen-bond donors (Lipinski definition) is 1. The van der Waals surface area contributed by atoms with E-state index in [2.05, 4.69) is 39.7 Å². The highest BCUT2D eigenvalue weighted by Crippen LogP contribution is 2.42. The standard InChI is InChI=1S/C16H14BrN3O3/c1-16(2)8-20(13-5-9(17)3-4-10(13)16)14(21)11-6-19-12(7-18-11)15(22)23/h3-7H,8H2,1-2H3,(H,22,23). The van der Waals surface area contributed by atoms with Gasteiger partial charge in [-0.3, -0.25) is 4.79 Å². The first-order valence-electron chi connectivity index (χ1n) is 6.97. The van der Waals surface area contributed by atoms with Crippen LogP contribution in [0, 0.1) is 0 Å². The molecule has 0 saturated heterocycles. The number of nitrogens with zero attached hydrogens (tertiary/aromatic N) is 3. The lowest BCUT2D eigenvalue weighted by molar-refractivity contribution is 0.0689. The highest BCUT2D eigenvalue weighted by atomic mass is 79.9. The number of aromatic nitrogens is 2. The molecule has 0 fully saturated rings. The Labute approximate surface area is 141 Å². The first kappa shape index (κ1) is 15.6. The summed E-state index contributed by atoms with van der Waals surface area (Å²) in [6, 6.07) is 5.86. The molecule has 118 valence electrons. The lowest BCUT2D eigenvalue weighted by Gasteiger charge is -2.20. The van der Waals surface area contributed by atoms with Crippen molar-refractivity contribution in [2.24, 2.45) is 0 Å². The summed E-state index contributed by atoms with van der Waals surface area (Å²) < 4.78 is 0.888. The topological polar surface area (TPSA) is 83.4 Å². The van der Waals surface area contributed by atoms with Gasteiger partial charge >= 0.3 is 5.97 Å². The number of carbonyl (C=O) groups is 2. The van der Waals surface area contributed by atoms with Crippen LogP contribution in [-0.4, -0.2) is 33.5 Å². The van der Waals surface area contributed by atoms with Gasteiger partial charge in [0.1, 0.15) is 5.69 Å². The molecule has 23 heavy (non-hydrogen) atoms. The lowest BCUT2D eigenvalue weighted by Crippen LogP contribution is -2.34.